The molecule has 1 aliphatic heterocycles. The zero-order valence-corrected chi connectivity index (χ0v) is 10.4. The smallest absolute Gasteiger partial charge is 0.115 e. The van der Waals surface area contributed by atoms with Crippen molar-refractivity contribution >= 4 is 10.9 Å². The Balaban J connectivity index is 2.01. The molecule has 0 bridgehead atoms. The van der Waals surface area contributed by atoms with Crippen molar-refractivity contribution in [3.63, 3.8) is 0 Å². The van der Waals surface area contributed by atoms with Gasteiger partial charge in [0.2, 0.25) is 0 Å². The predicted octanol–water partition coefficient (Wildman–Crippen LogP) is 2.80. The number of nitrogens with one attached hydrogen (secondary N) is 1. The molecule has 2 aromatic rings. The highest BCUT2D eigenvalue weighted by molar-refractivity contribution is 5.78. The Kier molecular flexibility index (Phi) is 2.99. The quantitative estimate of drug-likeness (QED) is 0.895. The van der Waals surface area contributed by atoms with Crippen molar-refractivity contribution in [2.45, 2.75) is 12.5 Å². The van der Waals surface area contributed by atoms with Gasteiger partial charge in [0.25, 0.3) is 0 Å². The van der Waals surface area contributed by atoms with Gasteiger partial charge in [-0.2, -0.15) is 0 Å². The van der Waals surface area contributed by atoms with Crippen LogP contribution in [-0.4, -0.2) is 18.6 Å². The summed E-state index contributed by atoms with van der Waals surface area (Å²) in [6.45, 7) is 0.779. The molecule has 3 rings (SSSR count). The second-order valence-electron chi connectivity index (χ2n) is 4.39. The molecule has 1 unspecified atom stereocenters. The van der Waals surface area contributed by atoms with Crippen LogP contribution in [0.5, 0.6) is 0 Å². The summed E-state index contributed by atoms with van der Waals surface area (Å²) in [4.78, 5) is 4.71. The molecule has 3 heteroatoms. The molecule has 18 heavy (non-hydrogen) atoms. The number of nitrogens with zero attached hydrogens (tertiary/aromatic N) is 1. The van der Waals surface area contributed by atoms with Crippen molar-refractivity contribution in [2.24, 2.45) is 0 Å². The fourth-order valence-corrected chi connectivity index (χ4v) is 2.32. The van der Waals surface area contributed by atoms with E-state index in [9.17, 15) is 0 Å². The molecule has 1 aliphatic rings. The maximum absolute atomic E-state index is 5.63. The Labute approximate surface area is 106 Å². The normalized spacial score (nSPS) is 16.4. The fourth-order valence-electron chi connectivity index (χ4n) is 2.32. The molecular formula is C15H16N2O. The molecule has 0 fully saturated rings. The van der Waals surface area contributed by atoms with Crippen molar-refractivity contribution in [3.8, 4) is 0 Å². The summed E-state index contributed by atoms with van der Waals surface area (Å²) in [7, 11) is 1.93. The van der Waals surface area contributed by atoms with Crippen LogP contribution in [0.1, 0.15) is 18.2 Å². The molecule has 0 saturated carbocycles. The summed E-state index contributed by atoms with van der Waals surface area (Å²) in [6, 6.07) is 12.4. The first-order chi connectivity index (χ1) is 8.88. The number of likely N-dealkylation sites (N-methyl/N-ethyl adjacent to an activating group) is 1. The van der Waals surface area contributed by atoms with Gasteiger partial charge < -0.3 is 10.1 Å². The monoisotopic (exact) mass is 240 g/mol. The van der Waals surface area contributed by atoms with E-state index in [0.717, 1.165) is 35.4 Å². The third-order valence-corrected chi connectivity index (χ3v) is 3.22. The van der Waals surface area contributed by atoms with E-state index >= 15 is 0 Å². The van der Waals surface area contributed by atoms with E-state index in [1.165, 1.54) is 0 Å². The van der Waals surface area contributed by atoms with Gasteiger partial charge in [0.15, 0.2) is 0 Å². The van der Waals surface area contributed by atoms with Gasteiger partial charge >= 0.3 is 0 Å². The number of rotatable bonds is 3. The second-order valence-corrected chi connectivity index (χ2v) is 4.39. The van der Waals surface area contributed by atoms with Crippen LogP contribution in [0, 0.1) is 0 Å². The van der Waals surface area contributed by atoms with Gasteiger partial charge in [-0.15, -0.1) is 0 Å². The first kappa shape index (κ1) is 11.2. The summed E-state index contributed by atoms with van der Waals surface area (Å²) < 4.78 is 5.63. The Morgan fingerprint density at radius 3 is 2.89 bits per heavy atom. The van der Waals surface area contributed by atoms with Crippen LogP contribution in [0.25, 0.3) is 10.9 Å². The lowest BCUT2D eigenvalue weighted by atomic mass is 10.1. The summed E-state index contributed by atoms with van der Waals surface area (Å²) in [5.74, 6) is 0.986. The molecule has 92 valence electrons. The lowest BCUT2D eigenvalue weighted by Gasteiger charge is -2.17. The predicted molar refractivity (Wildman–Crippen MR) is 72.2 cm³/mol. The average molecular weight is 240 g/mol. The van der Waals surface area contributed by atoms with Crippen LogP contribution >= 0.6 is 0 Å². The number of hydrogen-bond donors (Lipinski definition) is 1. The Morgan fingerprint density at radius 1 is 1.22 bits per heavy atom. The summed E-state index contributed by atoms with van der Waals surface area (Å²) in [5.41, 5.74) is 2.03. The number of hydrogen-bond acceptors (Lipinski definition) is 3. The maximum atomic E-state index is 5.63. The lowest BCUT2D eigenvalue weighted by molar-refractivity contribution is 0.217. The molecule has 1 aromatic heterocycles. The number of ether oxygens (including phenoxy) is 1. The molecule has 0 aliphatic carbocycles. The van der Waals surface area contributed by atoms with Gasteiger partial charge in [-0.25, -0.2) is 0 Å². The van der Waals surface area contributed by atoms with Crippen molar-refractivity contribution in [1.82, 2.24) is 10.3 Å². The number of para-hydroxylation sites is 1. The Bertz CT molecular complexity index is 592. The van der Waals surface area contributed by atoms with Crippen LogP contribution in [0.4, 0.5) is 0 Å². The average Bonchev–Trinajstić information content (AvgIpc) is 2.93. The van der Waals surface area contributed by atoms with E-state index in [2.05, 4.69) is 29.6 Å². The van der Waals surface area contributed by atoms with Crippen molar-refractivity contribution in [2.75, 3.05) is 13.7 Å². The fraction of sp³-hybridized carbons (Fsp3) is 0.267. The van der Waals surface area contributed by atoms with E-state index in [1.807, 2.05) is 25.2 Å². The number of pyridine rings is 1. The molecule has 0 amide bonds. The van der Waals surface area contributed by atoms with Gasteiger partial charge in [0.1, 0.15) is 11.8 Å². The van der Waals surface area contributed by atoms with Crippen LogP contribution < -0.4 is 5.32 Å². The molecule has 1 N–H and O–H groups in total. The maximum Gasteiger partial charge on any atom is 0.115 e. The Morgan fingerprint density at radius 2 is 2.11 bits per heavy atom. The van der Waals surface area contributed by atoms with E-state index < -0.39 is 0 Å². The van der Waals surface area contributed by atoms with Gasteiger partial charge in [0.05, 0.1) is 17.8 Å². The van der Waals surface area contributed by atoms with Gasteiger partial charge in [-0.1, -0.05) is 24.3 Å². The molecule has 2 heterocycles. The molecule has 3 nitrogen and oxygen atoms in total. The van der Waals surface area contributed by atoms with E-state index in [0.29, 0.717) is 0 Å². The molecule has 0 radical (unpaired) electrons. The number of aromatic nitrogens is 1. The number of fused-ring (bicyclic) bond motifs is 1. The lowest BCUT2D eigenvalue weighted by Crippen LogP contribution is -2.20. The largest absolute Gasteiger partial charge is 0.496 e. The van der Waals surface area contributed by atoms with Crippen LogP contribution in [-0.2, 0) is 4.74 Å². The summed E-state index contributed by atoms with van der Waals surface area (Å²) >= 11 is 0. The third kappa shape index (κ3) is 1.97. The first-order valence-electron chi connectivity index (χ1n) is 6.24. The van der Waals surface area contributed by atoms with Gasteiger partial charge in [0, 0.05) is 11.8 Å². The first-order valence-corrected chi connectivity index (χ1v) is 6.24. The molecule has 1 atom stereocenters. The highest BCUT2D eigenvalue weighted by atomic mass is 16.5. The third-order valence-electron chi connectivity index (χ3n) is 3.22. The zero-order valence-electron chi connectivity index (χ0n) is 10.4. The topological polar surface area (TPSA) is 34.1 Å². The van der Waals surface area contributed by atoms with Crippen LogP contribution in [0.2, 0.25) is 0 Å². The number of benzene rings is 1. The van der Waals surface area contributed by atoms with Crippen molar-refractivity contribution in [1.29, 1.82) is 0 Å². The standard InChI is InChI=1S/C15H16N2O/c1-16-15(14-7-4-10-18-14)13-9-8-11-5-2-3-6-12(11)17-13/h2-3,5-9,15-16H,4,10H2,1H3. The minimum absolute atomic E-state index is 0.0529. The summed E-state index contributed by atoms with van der Waals surface area (Å²) in [5, 5.41) is 4.43. The molecule has 0 saturated heterocycles. The van der Waals surface area contributed by atoms with E-state index in [-0.39, 0.29) is 6.04 Å². The van der Waals surface area contributed by atoms with E-state index in [1.54, 1.807) is 0 Å². The molecule has 1 aromatic carbocycles. The van der Waals surface area contributed by atoms with E-state index in [4.69, 9.17) is 9.72 Å². The van der Waals surface area contributed by atoms with Gasteiger partial charge in [-0.05, 0) is 25.3 Å². The minimum Gasteiger partial charge on any atom is -0.496 e. The van der Waals surface area contributed by atoms with Crippen molar-refractivity contribution in [3.05, 3.63) is 53.9 Å². The zero-order chi connectivity index (χ0) is 12.4. The molecule has 0 spiro atoms. The highest BCUT2D eigenvalue weighted by Crippen LogP contribution is 2.26. The van der Waals surface area contributed by atoms with Crippen LogP contribution in [0.15, 0.2) is 48.2 Å². The minimum atomic E-state index is 0.0529. The SMILES string of the molecule is CNC(C1=CCCO1)c1ccc2ccccc2n1. The highest BCUT2D eigenvalue weighted by Gasteiger charge is 2.20. The summed E-state index contributed by atoms with van der Waals surface area (Å²) in [6.07, 6.45) is 3.12. The Hall–Kier alpha value is -1.87. The van der Waals surface area contributed by atoms with Gasteiger partial charge in [-0.3, -0.25) is 4.98 Å². The van der Waals surface area contributed by atoms with Crippen molar-refractivity contribution < 1.29 is 4.74 Å². The molecular weight excluding hydrogens is 224 g/mol. The van der Waals surface area contributed by atoms with Crippen LogP contribution in [0.3, 0.4) is 0 Å². The second kappa shape index (κ2) is 4.78.